The molecule has 2 aromatic rings. The van der Waals surface area contributed by atoms with Crippen molar-refractivity contribution in [2.24, 2.45) is 5.73 Å². The number of halogens is 1. The number of rotatable bonds is 3. The second kappa shape index (κ2) is 6.24. The van der Waals surface area contributed by atoms with Crippen LogP contribution in [-0.4, -0.2) is 24.6 Å². The van der Waals surface area contributed by atoms with Crippen LogP contribution in [0.4, 0.5) is 4.39 Å². The molecule has 3 rings (SSSR count). The molecule has 110 valence electrons. The normalized spacial score (nSPS) is 16.7. The second-order valence-electron chi connectivity index (χ2n) is 5.20. The standard InChI is InChI=1S/C17H19FN2O/c18-15-7-3-2-6-14(15)16(11-19)20-9-10-21-17-8-4-1-5-13(17)12-20/h1-8,16H,9-12,19H2. The van der Waals surface area contributed by atoms with Crippen LogP contribution < -0.4 is 10.5 Å². The maximum absolute atomic E-state index is 14.1. The molecule has 2 N–H and O–H groups in total. The molecule has 0 spiro atoms. The number of hydrogen-bond donors (Lipinski definition) is 1. The van der Waals surface area contributed by atoms with E-state index in [1.807, 2.05) is 36.4 Å². The number of nitrogens with two attached hydrogens (primary N) is 1. The summed E-state index contributed by atoms with van der Waals surface area (Å²) in [6.07, 6.45) is 0. The monoisotopic (exact) mass is 286 g/mol. The van der Waals surface area contributed by atoms with E-state index in [-0.39, 0.29) is 11.9 Å². The zero-order valence-corrected chi connectivity index (χ0v) is 11.8. The lowest BCUT2D eigenvalue weighted by Gasteiger charge is -2.29. The van der Waals surface area contributed by atoms with E-state index in [1.54, 1.807) is 6.07 Å². The smallest absolute Gasteiger partial charge is 0.128 e. The van der Waals surface area contributed by atoms with Crippen molar-refractivity contribution in [2.45, 2.75) is 12.6 Å². The Morgan fingerprint density at radius 2 is 1.90 bits per heavy atom. The average Bonchev–Trinajstić information content (AvgIpc) is 2.72. The molecule has 0 saturated heterocycles. The average molecular weight is 286 g/mol. The van der Waals surface area contributed by atoms with Crippen molar-refractivity contribution in [1.82, 2.24) is 4.90 Å². The van der Waals surface area contributed by atoms with E-state index in [9.17, 15) is 4.39 Å². The van der Waals surface area contributed by atoms with Crippen LogP contribution in [0.1, 0.15) is 17.2 Å². The van der Waals surface area contributed by atoms with Crippen LogP contribution in [0.2, 0.25) is 0 Å². The molecule has 2 aromatic carbocycles. The van der Waals surface area contributed by atoms with Gasteiger partial charge in [0.05, 0.1) is 6.04 Å². The van der Waals surface area contributed by atoms with Gasteiger partial charge in [-0.25, -0.2) is 4.39 Å². The highest BCUT2D eigenvalue weighted by molar-refractivity contribution is 5.34. The van der Waals surface area contributed by atoms with Gasteiger partial charge in [0.2, 0.25) is 0 Å². The Balaban J connectivity index is 1.90. The van der Waals surface area contributed by atoms with Gasteiger partial charge in [-0.3, -0.25) is 4.90 Å². The minimum Gasteiger partial charge on any atom is -0.492 e. The third-order valence-electron chi connectivity index (χ3n) is 3.91. The van der Waals surface area contributed by atoms with Crippen molar-refractivity contribution in [3.8, 4) is 5.75 Å². The van der Waals surface area contributed by atoms with Gasteiger partial charge in [0.1, 0.15) is 18.2 Å². The van der Waals surface area contributed by atoms with Crippen LogP contribution in [0.3, 0.4) is 0 Å². The van der Waals surface area contributed by atoms with Crippen LogP contribution in [-0.2, 0) is 6.54 Å². The van der Waals surface area contributed by atoms with Crippen LogP contribution in [0.5, 0.6) is 5.75 Å². The topological polar surface area (TPSA) is 38.5 Å². The summed E-state index contributed by atoms with van der Waals surface area (Å²) < 4.78 is 19.8. The fourth-order valence-corrected chi connectivity index (χ4v) is 2.83. The molecule has 1 aliphatic rings. The molecule has 0 saturated carbocycles. The van der Waals surface area contributed by atoms with E-state index >= 15 is 0 Å². The summed E-state index contributed by atoms with van der Waals surface area (Å²) in [6, 6.07) is 14.7. The summed E-state index contributed by atoms with van der Waals surface area (Å²) in [7, 11) is 0. The summed E-state index contributed by atoms with van der Waals surface area (Å²) in [5, 5.41) is 0. The summed E-state index contributed by atoms with van der Waals surface area (Å²) in [6.45, 7) is 2.41. The highest BCUT2D eigenvalue weighted by Crippen LogP contribution is 2.29. The van der Waals surface area contributed by atoms with E-state index in [0.29, 0.717) is 25.3 Å². The number of ether oxygens (including phenoxy) is 1. The van der Waals surface area contributed by atoms with Crippen molar-refractivity contribution < 1.29 is 9.13 Å². The van der Waals surface area contributed by atoms with Crippen LogP contribution in [0.15, 0.2) is 48.5 Å². The summed E-state index contributed by atoms with van der Waals surface area (Å²) >= 11 is 0. The molecular weight excluding hydrogens is 267 g/mol. The summed E-state index contributed by atoms with van der Waals surface area (Å²) in [5.41, 5.74) is 7.69. The van der Waals surface area contributed by atoms with Gasteiger partial charge < -0.3 is 10.5 Å². The molecule has 3 nitrogen and oxygen atoms in total. The maximum atomic E-state index is 14.1. The SMILES string of the molecule is NCC(c1ccccc1F)N1CCOc2ccccc2C1. The lowest BCUT2D eigenvalue weighted by Crippen LogP contribution is -2.35. The molecule has 0 aliphatic carbocycles. The van der Waals surface area contributed by atoms with Crippen molar-refractivity contribution in [3.05, 3.63) is 65.5 Å². The summed E-state index contributed by atoms with van der Waals surface area (Å²) in [5.74, 6) is 0.704. The van der Waals surface area contributed by atoms with E-state index in [2.05, 4.69) is 4.90 Å². The minimum atomic E-state index is -0.202. The van der Waals surface area contributed by atoms with Gasteiger partial charge in [-0.05, 0) is 12.1 Å². The Bertz CT molecular complexity index is 617. The molecule has 4 heteroatoms. The van der Waals surface area contributed by atoms with Gasteiger partial charge >= 0.3 is 0 Å². The Hall–Kier alpha value is -1.91. The van der Waals surface area contributed by atoms with E-state index in [4.69, 9.17) is 10.5 Å². The van der Waals surface area contributed by atoms with Gasteiger partial charge in [0.25, 0.3) is 0 Å². The first-order valence-corrected chi connectivity index (χ1v) is 7.19. The molecule has 1 atom stereocenters. The van der Waals surface area contributed by atoms with Crippen molar-refractivity contribution in [1.29, 1.82) is 0 Å². The Morgan fingerprint density at radius 3 is 2.71 bits per heavy atom. The Morgan fingerprint density at radius 1 is 1.14 bits per heavy atom. The van der Waals surface area contributed by atoms with Crippen LogP contribution in [0.25, 0.3) is 0 Å². The van der Waals surface area contributed by atoms with Crippen molar-refractivity contribution in [3.63, 3.8) is 0 Å². The molecule has 1 aliphatic heterocycles. The molecule has 0 bridgehead atoms. The number of nitrogens with zero attached hydrogens (tertiary/aromatic N) is 1. The largest absolute Gasteiger partial charge is 0.492 e. The maximum Gasteiger partial charge on any atom is 0.128 e. The van der Waals surface area contributed by atoms with Gasteiger partial charge in [-0.15, -0.1) is 0 Å². The minimum absolute atomic E-state index is 0.138. The molecule has 1 unspecified atom stereocenters. The number of hydrogen-bond acceptors (Lipinski definition) is 3. The Kier molecular flexibility index (Phi) is 4.18. The molecular formula is C17H19FN2O. The third-order valence-corrected chi connectivity index (χ3v) is 3.91. The molecule has 1 heterocycles. The van der Waals surface area contributed by atoms with Crippen LogP contribution >= 0.6 is 0 Å². The fourth-order valence-electron chi connectivity index (χ4n) is 2.83. The lowest BCUT2D eigenvalue weighted by molar-refractivity contribution is 0.170. The highest BCUT2D eigenvalue weighted by atomic mass is 19.1. The van der Waals surface area contributed by atoms with Crippen LogP contribution in [0, 0.1) is 5.82 Å². The molecule has 0 aromatic heterocycles. The van der Waals surface area contributed by atoms with Crippen molar-refractivity contribution in [2.75, 3.05) is 19.7 Å². The van der Waals surface area contributed by atoms with E-state index in [0.717, 1.165) is 17.9 Å². The predicted molar refractivity (Wildman–Crippen MR) is 80.5 cm³/mol. The van der Waals surface area contributed by atoms with E-state index in [1.165, 1.54) is 6.07 Å². The van der Waals surface area contributed by atoms with Crippen molar-refractivity contribution >= 4 is 0 Å². The van der Waals surface area contributed by atoms with Gasteiger partial charge in [-0.2, -0.15) is 0 Å². The molecule has 0 radical (unpaired) electrons. The molecule has 0 amide bonds. The van der Waals surface area contributed by atoms with Gasteiger partial charge in [-0.1, -0.05) is 36.4 Å². The zero-order chi connectivity index (χ0) is 14.7. The first-order chi connectivity index (χ1) is 10.3. The number of fused-ring (bicyclic) bond motifs is 1. The fraction of sp³-hybridized carbons (Fsp3) is 0.294. The number of para-hydroxylation sites is 1. The third kappa shape index (κ3) is 2.91. The van der Waals surface area contributed by atoms with E-state index < -0.39 is 0 Å². The predicted octanol–water partition coefficient (Wildman–Crippen LogP) is 2.72. The van der Waals surface area contributed by atoms with Gasteiger partial charge in [0.15, 0.2) is 0 Å². The lowest BCUT2D eigenvalue weighted by atomic mass is 10.0. The first-order valence-electron chi connectivity index (χ1n) is 7.19. The number of benzene rings is 2. The quantitative estimate of drug-likeness (QED) is 0.943. The first kappa shape index (κ1) is 14.0. The van der Waals surface area contributed by atoms with Gasteiger partial charge in [0, 0.05) is 30.8 Å². The second-order valence-corrected chi connectivity index (χ2v) is 5.20. The zero-order valence-electron chi connectivity index (χ0n) is 11.8. The molecule has 21 heavy (non-hydrogen) atoms. The molecule has 0 fully saturated rings. The Labute approximate surface area is 124 Å². The highest BCUT2D eigenvalue weighted by Gasteiger charge is 2.24. The summed E-state index contributed by atoms with van der Waals surface area (Å²) in [4.78, 5) is 2.18.